The molecule has 7 nitrogen and oxygen atoms in total. The normalized spacial score (nSPS) is 11.2. The first-order valence-corrected chi connectivity index (χ1v) is 7.11. The van der Waals surface area contributed by atoms with Gasteiger partial charge >= 0.3 is 12.0 Å². The molecule has 7 heteroatoms. The van der Waals surface area contributed by atoms with E-state index in [0.29, 0.717) is 18.7 Å². The van der Waals surface area contributed by atoms with E-state index in [1.165, 1.54) is 0 Å². The average Bonchev–Trinajstić information content (AvgIpc) is 2.84. The third-order valence-electron chi connectivity index (χ3n) is 3.32. The Bertz CT molecular complexity index is 482. The average molecular weight is 296 g/mol. The second-order valence-electron chi connectivity index (χ2n) is 5.77. The number of nitrogens with one attached hydrogen (secondary N) is 2. The zero-order valence-electron chi connectivity index (χ0n) is 12.8. The molecule has 2 amide bonds. The largest absolute Gasteiger partial charge is 0.481 e. The maximum Gasteiger partial charge on any atom is 0.319 e. The van der Waals surface area contributed by atoms with E-state index in [9.17, 15) is 9.59 Å². The van der Waals surface area contributed by atoms with Gasteiger partial charge in [-0.1, -0.05) is 13.8 Å². The predicted molar refractivity (Wildman–Crippen MR) is 80.2 cm³/mol. The van der Waals surface area contributed by atoms with Crippen LogP contribution in [0.25, 0.3) is 0 Å². The molecule has 0 unspecified atom stereocenters. The van der Waals surface area contributed by atoms with Gasteiger partial charge < -0.3 is 15.7 Å². The van der Waals surface area contributed by atoms with Gasteiger partial charge in [0, 0.05) is 25.7 Å². The number of rotatable bonds is 8. The lowest BCUT2D eigenvalue weighted by Gasteiger charge is -2.23. The summed E-state index contributed by atoms with van der Waals surface area (Å²) in [6.45, 7) is 7.22. The van der Waals surface area contributed by atoms with Crippen LogP contribution in [0.4, 0.5) is 10.5 Å². The van der Waals surface area contributed by atoms with Crippen molar-refractivity contribution in [2.75, 3.05) is 11.9 Å². The van der Waals surface area contributed by atoms with E-state index >= 15 is 0 Å². The van der Waals surface area contributed by atoms with Crippen molar-refractivity contribution < 1.29 is 14.7 Å². The molecule has 1 aromatic heterocycles. The van der Waals surface area contributed by atoms with Crippen LogP contribution in [-0.2, 0) is 11.3 Å². The second-order valence-corrected chi connectivity index (χ2v) is 5.77. The van der Waals surface area contributed by atoms with Gasteiger partial charge in [0.25, 0.3) is 0 Å². The van der Waals surface area contributed by atoms with Gasteiger partial charge in [0.2, 0.25) is 0 Å². The molecule has 1 heterocycles. The molecule has 0 bridgehead atoms. The number of urea groups is 1. The highest BCUT2D eigenvalue weighted by molar-refractivity contribution is 5.88. The topological polar surface area (TPSA) is 96.2 Å². The summed E-state index contributed by atoms with van der Waals surface area (Å²) in [6.07, 6.45) is 4.82. The summed E-state index contributed by atoms with van der Waals surface area (Å²) in [5.41, 5.74) is 0.540. The predicted octanol–water partition coefficient (Wildman–Crippen LogP) is 2.31. The van der Waals surface area contributed by atoms with Gasteiger partial charge in [0.15, 0.2) is 0 Å². The van der Waals surface area contributed by atoms with Crippen molar-refractivity contribution in [1.29, 1.82) is 0 Å². The third-order valence-corrected chi connectivity index (χ3v) is 3.32. The summed E-state index contributed by atoms with van der Waals surface area (Å²) in [4.78, 5) is 22.3. The highest BCUT2D eigenvalue weighted by Gasteiger charge is 2.19. The zero-order valence-corrected chi connectivity index (χ0v) is 12.8. The molecular formula is C14H24N4O3. The van der Waals surface area contributed by atoms with Crippen LogP contribution in [0.2, 0.25) is 0 Å². The number of aromatic nitrogens is 2. The van der Waals surface area contributed by atoms with Gasteiger partial charge in [-0.25, -0.2) is 4.79 Å². The summed E-state index contributed by atoms with van der Waals surface area (Å²) in [5, 5.41) is 18.2. The molecule has 0 fully saturated rings. The minimum Gasteiger partial charge on any atom is -0.481 e. The summed E-state index contributed by atoms with van der Waals surface area (Å²) in [6, 6.07) is -0.278. The molecule has 0 aliphatic rings. The molecule has 0 aliphatic heterocycles. The van der Waals surface area contributed by atoms with Crippen molar-refractivity contribution in [2.24, 2.45) is 5.41 Å². The molecule has 0 spiro atoms. The molecule has 118 valence electrons. The fraction of sp³-hybridized carbons (Fsp3) is 0.643. The second kappa shape index (κ2) is 7.66. The van der Waals surface area contributed by atoms with Crippen LogP contribution in [0, 0.1) is 5.41 Å². The Kier molecular flexibility index (Phi) is 6.20. The lowest BCUT2D eigenvalue weighted by molar-refractivity contribution is -0.137. The standard InChI is InChI=1S/C14H24N4O3/c1-4-18-10-11(9-16-18)17-13(21)15-8-7-14(2,3)6-5-12(19)20/h9-10H,4-8H2,1-3H3,(H,19,20)(H2,15,17,21). The highest BCUT2D eigenvalue weighted by Crippen LogP contribution is 2.25. The Morgan fingerprint density at radius 1 is 1.38 bits per heavy atom. The fourth-order valence-corrected chi connectivity index (χ4v) is 1.86. The molecule has 0 saturated heterocycles. The van der Waals surface area contributed by atoms with Crippen LogP contribution in [-0.4, -0.2) is 33.4 Å². The van der Waals surface area contributed by atoms with E-state index < -0.39 is 5.97 Å². The minimum absolute atomic E-state index is 0.112. The smallest absolute Gasteiger partial charge is 0.319 e. The van der Waals surface area contributed by atoms with E-state index in [2.05, 4.69) is 15.7 Å². The lowest BCUT2D eigenvalue weighted by Crippen LogP contribution is -2.32. The quantitative estimate of drug-likeness (QED) is 0.686. The first kappa shape index (κ1) is 17.0. The third kappa shape index (κ3) is 6.78. The number of carbonyl (C=O) groups is 2. The van der Waals surface area contributed by atoms with Gasteiger partial charge in [-0.05, 0) is 25.2 Å². The molecular weight excluding hydrogens is 272 g/mol. The monoisotopic (exact) mass is 296 g/mol. The van der Waals surface area contributed by atoms with E-state index in [0.717, 1.165) is 13.0 Å². The van der Waals surface area contributed by atoms with Crippen LogP contribution in [0.15, 0.2) is 12.4 Å². The van der Waals surface area contributed by atoms with Crippen LogP contribution in [0.1, 0.15) is 40.0 Å². The maximum absolute atomic E-state index is 11.7. The van der Waals surface area contributed by atoms with Crippen molar-refractivity contribution in [3.63, 3.8) is 0 Å². The Morgan fingerprint density at radius 2 is 2.10 bits per heavy atom. The lowest BCUT2D eigenvalue weighted by atomic mass is 9.84. The summed E-state index contributed by atoms with van der Waals surface area (Å²) in [5.74, 6) is -0.790. The molecule has 21 heavy (non-hydrogen) atoms. The number of hydrogen-bond acceptors (Lipinski definition) is 3. The summed E-state index contributed by atoms with van der Waals surface area (Å²) >= 11 is 0. The minimum atomic E-state index is -0.790. The first-order valence-electron chi connectivity index (χ1n) is 7.11. The first-order chi connectivity index (χ1) is 9.82. The van der Waals surface area contributed by atoms with Crippen LogP contribution in [0.5, 0.6) is 0 Å². The number of anilines is 1. The molecule has 3 N–H and O–H groups in total. The molecule has 0 radical (unpaired) electrons. The van der Waals surface area contributed by atoms with Crippen LogP contribution >= 0.6 is 0 Å². The van der Waals surface area contributed by atoms with Gasteiger partial charge in [-0.15, -0.1) is 0 Å². The highest BCUT2D eigenvalue weighted by atomic mass is 16.4. The number of hydrogen-bond donors (Lipinski definition) is 3. The number of amides is 2. The number of carbonyl (C=O) groups excluding carboxylic acids is 1. The van der Waals surface area contributed by atoms with Gasteiger partial charge in [0.1, 0.15) is 0 Å². The van der Waals surface area contributed by atoms with Gasteiger partial charge in [-0.2, -0.15) is 5.10 Å². The summed E-state index contributed by atoms with van der Waals surface area (Å²) < 4.78 is 1.73. The maximum atomic E-state index is 11.7. The van der Waals surface area contributed by atoms with Crippen LogP contribution in [0.3, 0.4) is 0 Å². The number of carboxylic acids is 1. The van der Waals surface area contributed by atoms with E-state index in [-0.39, 0.29) is 17.9 Å². The molecule has 1 rings (SSSR count). The van der Waals surface area contributed by atoms with Crippen LogP contribution < -0.4 is 10.6 Å². The van der Waals surface area contributed by atoms with Crippen molar-refractivity contribution in [3.8, 4) is 0 Å². The molecule has 0 saturated carbocycles. The molecule has 0 atom stereocenters. The number of carboxylic acid groups (broad SMARTS) is 1. The Labute approximate surface area is 124 Å². The Hall–Kier alpha value is -2.05. The molecule has 0 aliphatic carbocycles. The number of aryl methyl sites for hydroxylation is 1. The van der Waals surface area contributed by atoms with E-state index in [1.54, 1.807) is 17.1 Å². The zero-order chi connectivity index (χ0) is 15.9. The van der Waals surface area contributed by atoms with Crippen molar-refractivity contribution >= 4 is 17.7 Å². The van der Waals surface area contributed by atoms with E-state index in [1.807, 2.05) is 20.8 Å². The van der Waals surface area contributed by atoms with Crippen molar-refractivity contribution in [2.45, 2.75) is 46.6 Å². The van der Waals surface area contributed by atoms with Crippen molar-refractivity contribution in [3.05, 3.63) is 12.4 Å². The fourth-order valence-electron chi connectivity index (χ4n) is 1.86. The molecule has 1 aromatic rings. The van der Waals surface area contributed by atoms with Crippen molar-refractivity contribution in [1.82, 2.24) is 15.1 Å². The van der Waals surface area contributed by atoms with E-state index in [4.69, 9.17) is 5.11 Å². The SMILES string of the molecule is CCn1cc(NC(=O)NCCC(C)(C)CCC(=O)O)cn1. The number of nitrogens with zero attached hydrogens (tertiary/aromatic N) is 2. The Balaban J connectivity index is 2.28. The summed E-state index contributed by atoms with van der Waals surface area (Å²) in [7, 11) is 0. The van der Waals surface area contributed by atoms with Gasteiger partial charge in [0.05, 0.1) is 11.9 Å². The van der Waals surface area contributed by atoms with Gasteiger partial charge in [-0.3, -0.25) is 9.48 Å². The number of aliphatic carboxylic acids is 1. The molecule has 0 aromatic carbocycles. The Morgan fingerprint density at radius 3 is 2.67 bits per heavy atom.